The van der Waals surface area contributed by atoms with Crippen LogP contribution in [0.4, 0.5) is 5.69 Å². The number of carbonyl (C=O) groups excluding carboxylic acids is 1. The second-order valence-corrected chi connectivity index (χ2v) is 5.53. The Morgan fingerprint density at radius 1 is 1.53 bits per heavy atom. The van der Waals surface area contributed by atoms with Gasteiger partial charge in [0.1, 0.15) is 0 Å². The van der Waals surface area contributed by atoms with Crippen molar-refractivity contribution < 1.29 is 4.79 Å². The maximum absolute atomic E-state index is 11.8. The Balaban J connectivity index is 1.90. The van der Waals surface area contributed by atoms with Crippen molar-refractivity contribution in [2.45, 2.75) is 19.9 Å². The molecule has 0 unspecified atom stereocenters. The number of nitrogens with one attached hydrogen (secondary N) is 1. The van der Waals surface area contributed by atoms with Gasteiger partial charge in [0.2, 0.25) is 5.91 Å². The fraction of sp³-hybridized carbons (Fsp3) is 0.231. The highest BCUT2D eigenvalue weighted by molar-refractivity contribution is 9.10. The molecular weight excluding hydrogens is 330 g/mol. The van der Waals surface area contributed by atoms with Gasteiger partial charge in [-0.05, 0) is 30.7 Å². The molecule has 0 bridgehead atoms. The summed E-state index contributed by atoms with van der Waals surface area (Å²) in [5.74, 6) is -0.0858. The summed E-state index contributed by atoms with van der Waals surface area (Å²) in [5, 5.41) is 7.42. The molecule has 0 aliphatic heterocycles. The molecule has 100 valence electrons. The highest BCUT2D eigenvalue weighted by atomic mass is 79.9. The van der Waals surface area contributed by atoms with Crippen LogP contribution in [0.15, 0.2) is 35.1 Å². The number of benzene rings is 1. The third kappa shape index (κ3) is 4.08. The minimum atomic E-state index is -0.0858. The second-order valence-electron chi connectivity index (χ2n) is 4.20. The van der Waals surface area contributed by atoms with Gasteiger partial charge in [0.15, 0.2) is 0 Å². The lowest BCUT2D eigenvalue weighted by Gasteiger charge is -2.07. The van der Waals surface area contributed by atoms with Gasteiger partial charge in [0.05, 0.1) is 16.9 Å². The quantitative estimate of drug-likeness (QED) is 0.922. The van der Waals surface area contributed by atoms with E-state index in [4.69, 9.17) is 11.6 Å². The van der Waals surface area contributed by atoms with Gasteiger partial charge >= 0.3 is 0 Å². The smallest absolute Gasteiger partial charge is 0.226 e. The van der Waals surface area contributed by atoms with Crippen LogP contribution in [0.2, 0.25) is 5.02 Å². The van der Waals surface area contributed by atoms with Crippen LogP contribution in [0.5, 0.6) is 0 Å². The van der Waals surface area contributed by atoms with Crippen LogP contribution in [0.25, 0.3) is 0 Å². The molecule has 2 aromatic rings. The Hall–Kier alpha value is -1.33. The van der Waals surface area contributed by atoms with Crippen LogP contribution >= 0.6 is 27.5 Å². The van der Waals surface area contributed by atoms with Crippen LogP contribution in [0, 0.1) is 6.92 Å². The molecule has 6 heteroatoms. The summed E-state index contributed by atoms with van der Waals surface area (Å²) in [6, 6.07) is 5.34. The van der Waals surface area contributed by atoms with E-state index in [1.165, 1.54) is 0 Å². The number of hydrogen-bond acceptors (Lipinski definition) is 2. The Morgan fingerprint density at radius 3 is 2.95 bits per heavy atom. The van der Waals surface area contributed by atoms with E-state index in [0.29, 0.717) is 23.7 Å². The van der Waals surface area contributed by atoms with Crippen molar-refractivity contribution in [3.8, 4) is 0 Å². The van der Waals surface area contributed by atoms with Gasteiger partial charge in [-0.1, -0.05) is 27.5 Å². The Labute approximate surface area is 124 Å². The normalized spacial score (nSPS) is 10.5. The van der Waals surface area contributed by atoms with Gasteiger partial charge in [-0.2, -0.15) is 5.10 Å². The molecule has 1 amide bonds. The standard InChI is InChI=1S/C13H13BrClN3O/c1-9-7-16-18(8-9)5-4-13(19)17-12-3-2-10(14)6-11(12)15/h2-3,6-8H,4-5H2,1H3,(H,17,19). The van der Waals surface area contributed by atoms with Crippen molar-refractivity contribution in [1.82, 2.24) is 9.78 Å². The first-order chi connectivity index (χ1) is 9.04. The molecule has 2 rings (SSSR count). The van der Waals surface area contributed by atoms with Gasteiger partial charge in [0.25, 0.3) is 0 Å². The minimum Gasteiger partial charge on any atom is -0.325 e. The first-order valence-electron chi connectivity index (χ1n) is 5.78. The SMILES string of the molecule is Cc1cnn(CCC(=O)Nc2ccc(Br)cc2Cl)c1. The first kappa shape index (κ1) is 14.1. The van der Waals surface area contributed by atoms with Gasteiger partial charge in [-0.25, -0.2) is 0 Å². The molecular formula is C13H13BrClN3O. The van der Waals surface area contributed by atoms with Gasteiger partial charge in [-0.15, -0.1) is 0 Å². The van der Waals surface area contributed by atoms with E-state index in [-0.39, 0.29) is 5.91 Å². The van der Waals surface area contributed by atoms with Crippen molar-refractivity contribution in [2.24, 2.45) is 0 Å². The summed E-state index contributed by atoms with van der Waals surface area (Å²) < 4.78 is 2.63. The number of aryl methyl sites for hydroxylation is 2. The Morgan fingerprint density at radius 2 is 2.32 bits per heavy atom. The minimum absolute atomic E-state index is 0.0858. The summed E-state index contributed by atoms with van der Waals surface area (Å²) in [6.45, 7) is 2.51. The van der Waals surface area contributed by atoms with E-state index in [2.05, 4.69) is 26.3 Å². The van der Waals surface area contributed by atoms with Crippen LogP contribution in [0.3, 0.4) is 0 Å². The van der Waals surface area contributed by atoms with Crippen LogP contribution in [0.1, 0.15) is 12.0 Å². The van der Waals surface area contributed by atoms with Gasteiger partial charge < -0.3 is 5.32 Å². The average molecular weight is 343 g/mol. The summed E-state index contributed by atoms with van der Waals surface area (Å²) in [5.41, 5.74) is 1.70. The summed E-state index contributed by atoms with van der Waals surface area (Å²) >= 11 is 9.35. The molecule has 1 N–H and O–H groups in total. The zero-order chi connectivity index (χ0) is 13.8. The second kappa shape index (κ2) is 6.21. The molecule has 1 heterocycles. The zero-order valence-corrected chi connectivity index (χ0v) is 12.7. The van der Waals surface area contributed by atoms with Crippen molar-refractivity contribution in [3.05, 3.63) is 45.7 Å². The number of carbonyl (C=O) groups is 1. The summed E-state index contributed by atoms with van der Waals surface area (Å²) in [7, 11) is 0. The van der Waals surface area contributed by atoms with E-state index < -0.39 is 0 Å². The largest absolute Gasteiger partial charge is 0.325 e. The molecule has 0 radical (unpaired) electrons. The van der Waals surface area contributed by atoms with Crippen LogP contribution in [-0.4, -0.2) is 15.7 Å². The molecule has 0 saturated heterocycles. The fourth-order valence-corrected chi connectivity index (χ4v) is 2.33. The summed E-state index contributed by atoms with van der Waals surface area (Å²) in [4.78, 5) is 11.8. The fourth-order valence-electron chi connectivity index (χ4n) is 1.61. The lowest BCUT2D eigenvalue weighted by Crippen LogP contribution is -2.14. The Kier molecular flexibility index (Phi) is 4.61. The van der Waals surface area contributed by atoms with Crippen molar-refractivity contribution in [3.63, 3.8) is 0 Å². The van der Waals surface area contributed by atoms with Crippen LogP contribution in [-0.2, 0) is 11.3 Å². The third-order valence-electron chi connectivity index (χ3n) is 2.54. The maximum atomic E-state index is 11.8. The predicted molar refractivity (Wildman–Crippen MR) is 79.4 cm³/mol. The molecule has 4 nitrogen and oxygen atoms in total. The van der Waals surface area contributed by atoms with Gasteiger partial charge in [-0.3, -0.25) is 9.48 Å². The highest BCUT2D eigenvalue weighted by Gasteiger charge is 2.06. The molecule has 0 atom stereocenters. The molecule has 0 saturated carbocycles. The summed E-state index contributed by atoms with van der Waals surface area (Å²) in [6.07, 6.45) is 4.02. The molecule has 0 fully saturated rings. The van der Waals surface area contributed by atoms with Crippen molar-refractivity contribution in [1.29, 1.82) is 0 Å². The number of anilines is 1. The lowest BCUT2D eigenvalue weighted by atomic mass is 10.3. The molecule has 1 aromatic heterocycles. The first-order valence-corrected chi connectivity index (χ1v) is 6.95. The average Bonchev–Trinajstić information content (AvgIpc) is 2.76. The van der Waals surface area contributed by atoms with Gasteiger partial charge in [0, 0.05) is 23.6 Å². The lowest BCUT2D eigenvalue weighted by molar-refractivity contribution is -0.116. The number of amides is 1. The third-order valence-corrected chi connectivity index (χ3v) is 3.34. The number of aromatic nitrogens is 2. The number of nitrogens with zero attached hydrogens (tertiary/aromatic N) is 2. The monoisotopic (exact) mass is 341 g/mol. The number of rotatable bonds is 4. The number of hydrogen-bond donors (Lipinski definition) is 1. The molecule has 0 aliphatic rings. The topological polar surface area (TPSA) is 46.9 Å². The molecule has 19 heavy (non-hydrogen) atoms. The molecule has 0 aliphatic carbocycles. The molecule has 0 spiro atoms. The van der Waals surface area contributed by atoms with E-state index in [0.717, 1.165) is 10.0 Å². The highest BCUT2D eigenvalue weighted by Crippen LogP contribution is 2.25. The van der Waals surface area contributed by atoms with Crippen molar-refractivity contribution >= 4 is 39.1 Å². The van der Waals surface area contributed by atoms with E-state index in [9.17, 15) is 4.79 Å². The zero-order valence-electron chi connectivity index (χ0n) is 10.4. The van der Waals surface area contributed by atoms with Crippen molar-refractivity contribution in [2.75, 3.05) is 5.32 Å². The Bertz CT molecular complexity index is 597. The predicted octanol–water partition coefficient (Wildman–Crippen LogP) is 3.64. The van der Waals surface area contributed by atoms with E-state index >= 15 is 0 Å². The maximum Gasteiger partial charge on any atom is 0.226 e. The van der Waals surface area contributed by atoms with Crippen LogP contribution < -0.4 is 5.32 Å². The number of halogens is 2. The van der Waals surface area contributed by atoms with E-state index in [1.54, 1.807) is 23.0 Å². The molecule has 1 aromatic carbocycles. The van der Waals surface area contributed by atoms with E-state index in [1.807, 2.05) is 19.2 Å².